The highest BCUT2D eigenvalue weighted by molar-refractivity contribution is 5.87. The highest BCUT2D eigenvalue weighted by atomic mass is 16.4. The molecule has 1 aromatic rings. The first kappa shape index (κ1) is 21.9. The minimum atomic E-state index is -0.860. The van der Waals surface area contributed by atoms with E-state index in [1.807, 2.05) is 12.1 Å². The van der Waals surface area contributed by atoms with Gasteiger partial charge in [-0.05, 0) is 80.4 Å². The van der Waals surface area contributed by atoms with Gasteiger partial charge in [-0.25, -0.2) is 4.79 Å². The van der Waals surface area contributed by atoms with Crippen molar-refractivity contribution in [1.29, 1.82) is 0 Å². The van der Waals surface area contributed by atoms with E-state index in [-0.39, 0.29) is 11.6 Å². The van der Waals surface area contributed by atoms with E-state index in [1.54, 1.807) is 12.1 Å². The molecular formula is C24H39NO2. The third-order valence-corrected chi connectivity index (χ3v) is 6.43. The number of carboxylic acid groups (broad SMARTS) is 1. The second-order valence-electron chi connectivity index (χ2n) is 10.3. The lowest BCUT2D eigenvalue weighted by Crippen LogP contribution is -2.48. The van der Waals surface area contributed by atoms with E-state index in [2.05, 4.69) is 46.9 Å². The topological polar surface area (TPSA) is 49.3 Å². The molecule has 2 N–H and O–H groups in total. The summed E-state index contributed by atoms with van der Waals surface area (Å²) in [5, 5.41) is 13.1. The second kappa shape index (κ2) is 8.77. The van der Waals surface area contributed by atoms with Crippen molar-refractivity contribution >= 4 is 5.97 Å². The predicted molar refractivity (Wildman–Crippen MR) is 113 cm³/mol. The Morgan fingerprint density at radius 3 is 2.15 bits per heavy atom. The van der Waals surface area contributed by atoms with Crippen LogP contribution in [0.2, 0.25) is 0 Å². The van der Waals surface area contributed by atoms with Crippen LogP contribution >= 0.6 is 0 Å². The molecular weight excluding hydrogens is 334 g/mol. The van der Waals surface area contributed by atoms with Crippen molar-refractivity contribution in [2.45, 2.75) is 91.6 Å². The molecule has 0 amide bonds. The second-order valence-corrected chi connectivity index (χ2v) is 10.3. The highest BCUT2D eigenvalue weighted by Crippen LogP contribution is 2.42. The standard InChI is InChI=1S/C24H39NO2/c1-17(2)7-12-21(18-8-10-19(11-9-18)22(26)27)25-24(6)15-13-20(14-16-24)23(3,4)5/h8-11,17,20-21,25H,7,12-16H2,1-6H3,(H,26,27). The third-order valence-electron chi connectivity index (χ3n) is 6.43. The Morgan fingerprint density at radius 2 is 1.70 bits per heavy atom. The van der Waals surface area contributed by atoms with Crippen LogP contribution in [0.3, 0.4) is 0 Å². The Bertz CT molecular complexity index is 604. The molecule has 0 spiro atoms. The Kier molecular flexibility index (Phi) is 7.13. The summed E-state index contributed by atoms with van der Waals surface area (Å²) in [6.07, 6.45) is 7.23. The molecule has 2 rings (SSSR count). The van der Waals surface area contributed by atoms with E-state index in [1.165, 1.54) is 37.7 Å². The summed E-state index contributed by atoms with van der Waals surface area (Å²) in [6.45, 7) is 14.0. The minimum absolute atomic E-state index is 0.162. The first-order valence-electron chi connectivity index (χ1n) is 10.6. The van der Waals surface area contributed by atoms with Gasteiger partial charge >= 0.3 is 5.97 Å². The zero-order valence-electron chi connectivity index (χ0n) is 18.1. The van der Waals surface area contributed by atoms with Crippen LogP contribution in [0.1, 0.15) is 102 Å². The van der Waals surface area contributed by atoms with E-state index >= 15 is 0 Å². The summed E-state index contributed by atoms with van der Waals surface area (Å²) in [6, 6.07) is 7.74. The minimum Gasteiger partial charge on any atom is -0.478 e. The third kappa shape index (κ3) is 6.34. The fraction of sp³-hybridized carbons (Fsp3) is 0.708. The van der Waals surface area contributed by atoms with Crippen LogP contribution in [0.5, 0.6) is 0 Å². The van der Waals surface area contributed by atoms with Gasteiger partial charge in [0.2, 0.25) is 0 Å². The van der Waals surface area contributed by atoms with Gasteiger partial charge in [-0.15, -0.1) is 0 Å². The molecule has 0 radical (unpaired) electrons. The summed E-state index contributed by atoms with van der Waals surface area (Å²) >= 11 is 0. The number of aromatic carboxylic acids is 1. The zero-order chi connectivity index (χ0) is 20.2. The van der Waals surface area contributed by atoms with Gasteiger partial charge in [0.1, 0.15) is 0 Å². The van der Waals surface area contributed by atoms with Crippen LogP contribution in [0.25, 0.3) is 0 Å². The molecule has 152 valence electrons. The van der Waals surface area contributed by atoms with Crippen LogP contribution < -0.4 is 5.32 Å². The number of nitrogens with one attached hydrogen (secondary N) is 1. The Hall–Kier alpha value is -1.35. The summed E-state index contributed by atoms with van der Waals surface area (Å²) in [5.41, 5.74) is 2.12. The molecule has 0 saturated heterocycles. The smallest absolute Gasteiger partial charge is 0.335 e. The van der Waals surface area contributed by atoms with Crippen LogP contribution in [0.4, 0.5) is 0 Å². The summed E-state index contributed by atoms with van der Waals surface area (Å²) in [5.74, 6) is 0.606. The lowest BCUT2D eigenvalue weighted by Gasteiger charge is -2.44. The molecule has 3 nitrogen and oxygen atoms in total. The van der Waals surface area contributed by atoms with Gasteiger partial charge in [-0.3, -0.25) is 0 Å². The van der Waals surface area contributed by atoms with Gasteiger partial charge in [0, 0.05) is 11.6 Å². The Labute approximate surface area is 166 Å². The molecule has 3 heteroatoms. The zero-order valence-corrected chi connectivity index (χ0v) is 18.1. The summed E-state index contributed by atoms with van der Waals surface area (Å²) < 4.78 is 0. The van der Waals surface area contributed by atoms with E-state index in [0.29, 0.717) is 16.9 Å². The van der Waals surface area contributed by atoms with Crippen molar-refractivity contribution in [2.24, 2.45) is 17.3 Å². The van der Waals surface area contributed by atoms with E-state index < -0.39 is 5.97 Å². The van der Waals surface area contributed by atoms with E-state index in [0.717, 1.165) is 12.3 Å². The Morgan fingerprint density at radius 1 is 1.15 bits per heavy atom. The monoisotopic (exact) mass is 373 g/mol. The predicted octanol–water partition coefficient (Wildman–Crippen LogP) is 6.45. The average Bonchev–Trinajstić information content (AvgIpc) is 2.58. The SMILES string of the molecule is CC(C)CCC(NC1(C)CCC(C(C)(C)C)CC1)c1ccc(C(=O)O)cc1. The fourth-order valence-electron chi connectivity index (χ4n) is 4.37. The van der Waals surface area contributed by atoms with E-state index in [9.17, 15) is 4.79 Å². The first-order chi connectivity index (χ1) is 12.5. The maximum Gasteiger partial charge on any atom is 0.335 e. The summed E-state index contributed by atoms with van der Waals surface area (Å²) in [7, 11) is 0. The molecule has 1 aromatic carbocycles. The largest absolute Gasteiger partial charge is 0.478 e. The van der Waals surface area contributed by atoms with Crippen LogP contribution in [0, 0.1) is 17.3 Å². The average molecular weight is 374 g/mol. The first-order valence-corrected chi connectivity index (χ1v) is 10.6. The summed E-state index contributed by atoms with van der Waals surface area (Å²) in [4.78, 5) is 11.2. The Balaban J connectivity index is 2.11. The lowest BCUT2D eigenvalue weighted by molar-refractivity contribution is 0.0696. The fourth-order valence-corrected chi connectivity index (χ4v) is 4.37. The van der Waals surface area contributed by atoms with Crippen molar-refractivity contribution in [1.82, 2.24) is 5.32 Å². The number of rotatable bonds is 7. The van der Waals surface area contributed by atoms with Crippen LogP contribution in [-0.4, -0.2) is 16.6 Å². The number of carboxylic acids is 1. The van der Waals surface area contributed by atoms with Gasteiger partial charge in [0.25, 0.3) is 0 Å². The quantitative estimate of drug-likeness (QED) is 0.577. The van der Waals surface area contributed by atoms with Crippen LogP contribution in [-0.2, 0) is 0 Å². The van der Waals surface area contributed by atoms with Crippen LogP contribution in [0.15, 0.2) is 24.3 Å². The molecule has 27 heavy (non-hydrogen) atoms. The molecule has 1 aliphatic rings. The van der Waals surface area contributed by atoms with Crippen molar-refractivity contribution in [3.05, 3.63) is 35.4 Å². The van der Waals surface area contributed by atoms with Crippen molar-refractivity contribution in [2.75, 3.05) is 0 Å². The van der Waals surface area contributed by atoms with Crippen molar-refractivity contribution in [3.8, 4) is 0 Å². The number of hydrogen-bond donors (Lipinski definition) is 2. The number of benzene rings is 1. The lowest BCUT2D eigenvalue weighted by atomic mass is 9.67. The van der Waals surface area contributed by atoms with Gasteiger partial charge in [0.05, 0.1) is 5.56 Å². The van der Waals surface area contributed by atoms with E-state index in [4.69, 9.17) is 5.11 Å². The molecule has 0 aliphatic heterocycles. The maximum absolute atomic E-state index is 11.2. The molecule has 1 unspecified atom stereocenters. The molecule has 0 aromatic heterocycles. The normalized spacial score (nSPS) is 24.8. The molecule has 1 aliphatic carbocycles. The molecule has 0 bridgehead atoms. The number of carbonyl (C=O) groups is 1. The molecule has 0 heterocycles. The highest BCUT2D eigenvalue weighted by Gasteiger charge is 2.36. The molecule has 1 atom stereocenters. The molecule has 1 saturated carbocycles. The van der Waals surface area contributed by atoms with Crippen molar-refractivity contribution < 1.29 is 9.90 Å². The maximum atomic E-state index is 11.2. The van der Waals surface area contributed by atoms with Gasteiger partial charge in [-0.2, -0.15) is 0 Å². The van der Waals surface area contributed by atoms with Crippen molar-refractivity contribution in [3.63, 3.8) is 0 Å². The van der Waals surface area contributed by atoms with Gasteiger partial charge in [0.15, 0.2) is 0 Å². The van der Waals surface area contributed by atoms with Gasteiger partial charge < -0.3 is 10.4 Å². The van der Waals surface area contributed by atoms with Gasteiger partial charge in [-0.1, -0.05) is 46.8 Å². The number of hydrogen-bond acceptors (Lipinski definition) is 2. The molecule has 1 fully saturated rings.